The molecule has 0 aliphatic heterocycles. The maximum atomic E-state index is 11.9. The second-order valence-corrected chi connectivity index (χ2v) is 6.47. The van der Waals surface area contributed by atoms with Crippen molar-refractivity contribution in [1.82, 2.24) is 4.57 Å². The molecule has 1 heterocycles. The number of hydrogen-bond donors (Lipinski definition) is 0. The minimum Gasteiger partial charge on any atom is -0.462 e. The molecule has 27 heavy (non-hydrogen) atoms. The molecule has 0 bridgehead atoms. The Kier molecular flexibility index (Phi) is 4.75. The van der Waals surface area contributed by atoms with Gasteiger partial charge in [-0.05, 0) is 36.2 Å². The molecule has 3 nitrogen and oxygen atoms in total. The summed E-state index contributed by atoms with van der Waals surface area (Å²) in [5.41, 5.74) is 5.30. The van der Waals surface area contributed by atoms with Crippen molar-refractivity contribution in [3.8, 4) is 11.1 Å². The van der Waals surface area contributed by atoms with Crippen molar-refractivity contribution in [2.45, 2.75) is 13.5 Å². The molecule has 0 aliphatic rings. The molecule has 0 spiro atoms. The number of aromatic nitrogens is 1. The maximum Gasteiger partial charge on any atom is 0.338 e. The Morgan fingerprint density at radius 2 is 1.59 bits per heavy atom. The number of para-hydroxylation sites is 1. The van der Waals surface area contributed by atoms with E-state index in [-0.39, 0.29) is 5.97 Å². The zero-order chi connectivity index (χ0) is 18.6. The molecule has 0 radical (unpaired) electrons. The molecule has 4 rings (SSSR count). The molecular formula is C24H21NO2. The van der Waals surface area contributed by atoms with E-state index in [9.17, 15) is 4.79 Å². The standard InChI is InChI=1S/C24H21NO2/c1-2-27-24(26)20-14-12-19(13-15-20)22-17-25(16-18-8-4-3-5-9-18)23-11-7-6-10-21(22)23/h3-15,17H,2,16H2,1H3. The van der Waals surface area contributed by atoms with Crippen LogP contribution in [0.25, 0.3) is 22.0 Å². The lowest BCUT2D eigenvalue weighted by Gasteiger charge is -2.05. The summed E-state index contributed by atoms with van der Waals surface area (Å²) in [5.74, 6) is -0.282. The van der Waals surface area contributed by atoms with Gasteiger partial charge in [0.1, 0.15) is 0 Å². The maximum absolute atomic E-state index is 11.9. The van der Waals surface area contributed by atoms with E-state index in [4.69, 9.17) is 4.74 Å². The molecule has 0 N–H and O–H groups in total. The highest BCUT2D eigenvalue weighted by Crippen LogP contribution is 2.31. The fraction of sp³-hybridized carbons (Fsp3) is 0.125. The van der Waals surface area contributed by atoms with E-state index < -0.39 is 0 Å². The summed E-state index contributed by atoms with van der Waals surface area (Å²) < 4.78 is 7.35. The molecule has 3 aromatic carbocycles. The predicted octanol–water partition coefficient (Wildman–Crippen LogP) is 5.53. The summed E-state index contributed by atoms with van der Waals surface area (Å²) >= 11 is 0. The second kappa shape index (κ2) is 7.50. The Morgan fingerprint density at radius 1 is 0.889 bits per heavy atom. The van der Waals surface area contributed by atoms with Crippen LogP contribution in [-0.4, -0.2) is 17.1 Å². The van der Waals surface area contributed by atoms with Gasteiger partial charge in [0.2, 0.25) is 0 Å². The normalized spacial score (nSPS) is 10.9. The number of nitrogens with zero attached hydrogens (tertiary/aromatic N) is 1. The van der Waals surface area contributed by atoms with Crippen molar-refractivity contribution in [3.63, 3.8) is 0 Å². The Balaban J connectivity index is 1.73. The first kappa shape index (κ1) is 17.1. The second-order valence-electron chi connectivity index (χ2n) is 6.47. The van der Waals surface area contributed by atoms with Gasteiger partial charge in [-0.15, -0.1) is 0 Å². The van der Waals surface area contributed by atoms with E-state index >= 15 is 0 Å². The van der Waals surface area contributed by atoms with Crippen LogP contribution < -0.4 is 0 Å². The summed E-state index contributed by atoms with van der Waals surface area (Å²) in [5, 5.41) is 1.21. The Bertz CT molecular complexity index is 1060. The van der Waals surface area contributed by atoms with Gasteiger partial charge >= 0.3 is 5.97 Å². The molecule has 0 saturated heterocycles. The van der Waals surface area contributed by atoms with Crippen LogP contribution in [0.15, 0.2) is 85.1 Å². The molecule has 0 atom stereocenters. The lowest BCUT2D eigenvalue weighted by Crippen LogP contribution is -2.03. The van der Waals surface area contributed by atoms with Crippen molar-refractivity contribution in [1.29, 1.82) is 0 Å². The number of carbonyl (C=O) groups excluding carboxylic acids is 1. The fourth-order valence-electron chi connectivity index (χ4n) is 3.39. The van der Waals surface area contributed by atoms with Gasteiger partial charge in [-0.1, -0.05) is 60.7 Å². The highest BCUT2D eigenvalue weighted by atomic mass is 16.5. The first-order chi connectivity index (χ1) is 13.3. The zero-order valence-corrected chi connectivity index (χ0v) is 15.3. The highest BCUT2D eigenvalue weighted by molar-refractivity contribution is 5.97. The van der Waals surface area contributed by atoms with Crippen LogP contribution in [0, 0.1) is 0 Å². The number of rotatable bonds is 5. The predicted molar refractivity (Wildman–Crippen MR) is 109 cm³/mol. The SMILES string of the molecule is CCOC(=O)c1ccc(-c2cn(Cc3ccccc3)c3ccccc23)cc1. The Hall–Kier alpha value is -3.33. The first-order valence-electron chi connectivity index (χ1n) is 9.15. The molecule has 0 amide bonds. The number of carbonyl (C=O) groups is 1. The van der Waals surface area contributed by atoms with Gasteiger partial charge in [-0.3, -0.25) is 0 Å². The largest absolute Gasteiger partial charge is 0.462 e. The van der Waals surface area contributed by atoms with Gasteiger partial charge in [-0.2, -0.15) is 0 Å². The van der Waals surface area contributed by atoms with Crippen molar-refractivity contribution in [3.05, 3.63) is 96.2 Å². The van der Waals surface area contributed by atoms with E-state index in [1.165, 1.54) is 16.5 Å². The zero-order valence-electron chi connectivity index (χ0n) is 15.3. The Morgan fingerprint density at radius 3 is 2.33 bits per heavy atom. The molecule has 0 unspecified atom stereocenters. The van der Waals surface area contributed by atoms with Crippen LogP contribution >= 0.6 is 0 Å². The monoisotopic (exact) mass is 355 g/mol. The number of fused-ring (bicyclic) bond motifs is 1. The highest BCUT2D eigenvalue weighted by Gasteiger charge is 2.12. The van der Waals surface area contributed by atoms with Crippen molar-refractivity contribution in [2.75, 3.05) is 6.61 Å². The quantitative estimate of drug-likeness (QED) is 0.441. The number of ether oxygens (including phenoxy) is 1. The van der Waals surface area contributed by atoms with E-state index in [1.54, 1.807) is 0 Å². The molecule has 134 valence electrons. The third-order valence-corrected chi connectivity index (χ3v) is 4.69. The van der Waals surface area contributed by atoms with E-state index in [1.807, 2.05) is 37.3 Å². The lowest BCUT2D eigenvalue weighted by molar-refractivity contribution is 0.0526. The van der Waals surface area contributed by atoms with Gasteiger partial charge in [-0.25, -0.2) is 4.79 Å². The van der Waals surface area contributed by atoms with E-state index in [2.05, 4.69) is 59.3 Å². The van der Waals surface area contributed by atoms with Crippen LogP contribution in [0.1, 0.15) is 22.8 Å². The smallest absolute Gasteiger partial charge is 0.338 e. The summed E-state index contributed by atoms with van der Waals surface area (Å²) in [6.07, 6.45) is 2.19. The Labute approximate surface area is 158 Å². The number of benzene rings is 3. The van der Waals surface area contributed by atoms with Gasteiger partial charge in [0.05, 0.1) is 12.2 Å². The third-order valence-electron chi connectivity index (χ3n) is 4.69. The van der Waals surface area contributed by atoms with Crippen LogP contribution in [-0.2, 0) is 11.3 Å². The minimum absolute atomic E-state index is 0.282. The number of esters is 1. The average molecular weight is 355 g/mol. The van der Waals surface area contributed by atoms with Crippen molar-refractivity contribution >= 4 is 16.9 Å². The van der Waals surface area contributed by atoms with E-state index in [0.29, 0.717) is 12.2 Å². The van der Waals surface area contributed by atoms with Crippen molar-refractivity contribution in [2.24, 2.45) is 0 Å². The van der Waals surface area contributed by atoms with Gasteiger partial charge in [0.25, 0.3) is 0 Å². The summed E-state index contributed by atoms with van der Waals surface area (Å²) in [7, 11) is 0. The average Bonchev–Trinajstić information content (AvgIpc) is 3.08. The van der Waals surface area contributed by atoms with Crippen LogP contribution in [0.5, 0.6) is 0 Å². The third kappa shape index (κ3) is 3.49. The molecule has 3 heteroatoms. The molecule has 0 aliphatic carbocycles. The van der Waals surface area contributed by atoms with E-state index in [0.717, 1.165) is 17.7 Å². The van der Waals surface area contributed by atoms with Gasteiger partial charge in [0.15, 0.2) is 0 Å². The van der Waals surface area contributed by atoms with Gasteiger partial charge < -0.3 is 9.30 Å². The molecule has 0 fully saturated rings. The minimum atomic E-state index is -0.282. The number of hydrogen-bond acceptors (Lipinski definition) is 2. The molecule has 1 aromatic heterocycles. The van der Waals surface area contributed by atoms with Crippen LogP contribution in [0.4, 0.5) is 0 Å². The first-order valence-corrected chi connectivity index (χ1v) is 9.15. The fourth-order valence-corrected chi connectivity index (χ4v) is 3.39. The summed E-state index contributed by atoms with van der Waals surface area (Å²) in [4.78, 5) is 11.9. The van der Waals surface area contributed by atoms with Crippen LogP contribution in [0.3, 0.4) is 0 Å². The molecule has 0 saturated carbocycles. The molecular weight excluding hydrogens is 334 g/mol. The van der Waals surface area contributed by atoms with Crippen LogP contribution in [0.2, 0.25) is 0 Å². The molecule has 4 aromatic rings. The van der Waals surface area contributed by atoms with Crippen molar-refractivity contribution < 1.29 is 9.53 Å². The lowest BCUT2D eigenvalue weighted by atomic mass is 10.0. The van der Waals surface area contributed by atoms with Gasteiger partial charge in [0, 0.05) is 29.2 Å². The summed E-state index contributed by atoms with van der Waals surface area (Å²) in [6.45, 7) is 3.02. The summed E-state index contributed by atoms with van der Waals surface area (Å²) in [6, 6.07) is 26.5. The topological polar surface area (TPSA) is 31.2 Å².